The second kappa shape index (κ2) is 7.29. The Morgan fingerprint density at radius 1 is 1.27 bits per heavy atom. The molecule has 0 aromatic heterocycles. The molecule has 1 aliphatic rings. The third-order valence-corrected chi connectivity index (χ3v) is 4.11. The molecule has 0 radical (unpaired) electrons. The van der Waals surface area contributed by atoms with Crippen molar-refractivity contribution < 1.29 is 9.59 Å². The van der Waals surface area contributed by atoms with Crippen LogP contribution in [-0.4, -0.2) is 25.0 Å². The number of rotatable bonds is 5. The number of nitrogens with one attached hydrogen (secondary N) is 1. The first-order chi connectivity index (χ1) is 10.5. The summed E-state index contributed by atoms with van der Waals surface area (Å²) >= 11 is 0. The lowest BCUT2D eigenvalue weighted by Gasteiger charge is -2.31. The fourth-order valence-electron chi connectivity index (χ4n) is 3.08. The number of benzene rings is 1. The molecule has 1 aliphatic heterocycles. The highest BCUT2D eigenvalue weighted by Gasteiger charge is 2.23. The van der Waals surface area contributed by atoms with Gasteiger partial charge in [-0.05, 0) is 62.3 Å². The molecule has 22 heavy (non-hydrogen) atoms. The minimum Gasteiger partial charge on any atom is -0.352 e. The molecule has 120 valence electrons. The predicted octanol–water partition coefficient (Wildman–Crippen LogP) is 2.42. The number of anilines is 1. The molecule has 2 rings (SSSR count). The summed E-state index contributed by atoms with van der Waals surface area (Å²) in [6.07, 6.45) is 4.10. The van der Waals surface area contributed by atoms with Crippen molar-refractivity contribution in [1.29, 1.82) is 0 Å². The Labute approximate surface area is 131 Å². The normalized spacial score (nSPS) is 13.6. The molecule has 0 fully saturated rings. The minimum atomic E-state index is -0.512. The quantitative estimate of drug-likeness (QED) is 0.820. The molecule has 1 heterocycles. The molecule has 0 unspecified atom stereocenters. The van der Waals surface area contributed by atoms with E-state index in [1.54, 1.807) is 0 Å². The summed E-state index contributed by atoms with van der Waals surface area (Å²) in [6, 6.07) is 3.79. The standard InChI is InChI=1S/C17H25N3O2/c1-12-10-13(2)14-6-5-9-20(15(14)11-12)16(21)7-3-4-8-19-17(18)22/h10-11H,3-9H2,1-2H3,(H3,18,19,22). The van der Waals surface area contributed by atoms with E-state index in [-0.39, 0.29) is 5.91 Å². The zero-order valence-electron chi connectivity index (χ0n) is 13.4. The van der Waals surface area contributed by atoms with Crippen molar-refractivity contribution >= 4 is 17.6 Å². The fourth-order valence-corrected chi connectivity index (χ4v) is 3.08. The van der Waals surface area contributed by atoms with Crippen LogP contribution in [0, 0.1) is 13.8 Å². The van der Waals surface area contributed by atoms with Crippen LogP contribution < -0.4 is 16.0 Å². The number of nitrogens with two attached hydrogens (primary N) is 1. The number of hydrogen-bond acceptors (Lipinski definition) is 2. The van der Waals surface area contributed by atoms with Crippen LogP contribution in [0.15, 0.2) is 12.1 Å². The molecule has 0 atom stereocenters. The average Bonchev–Trinajstić information content (AvgIpc) is 2.45. The number of urea groups is 1. The number of aryl methyl sites for hydroxylation is 2. The number of hydrogen-bond donors (Lipinski definition) is 2. The van der Waals surface area contributed by atoms with E-state index in [0.29, 0.717) is 13.0 Å². The predicted molar refractivity (Wildman–Crippen MR) is 88.0 cm³/mol. The van der Waals surface area contributed by atoms with Crippen molar-refractivity contribution in [2.75, 3.05) is 18.0 Å². The smallest absolute Gasteiger partial charge is 0.312 e. The van der Waals surface area contributed by atoms with Gasteiger partial charge in [-0.2, -0.15) is 0 Å². The Kier molecular flexibility index (Phi) is 5.41. The van der Waals surface area contributed by atoms with Gasteiger partial charge in [-0.1, -0.05) is 6.07 Å². The number of primary amides is 1. The second-order valence-electron chi connectivity index (χ2n) is 5.98. The van der Waals surface area contributed by atoms with Crippen molar-refractivity contribution in [3.63, 3.8) is 0 Å². The van der Waals surface area contributed by atoms with Crippen LogP contribution in [0.2, 0.25) is 0 Å². The molecule has 0 bridgehead atoms. The van der Waals surface area contributed by atoms with Gasteiger partial charge in [-0.25, -0.2) is 4.79 Å². The molecule has 5 heteroatoms. The summed E-state index contributed by atoms with van der Waals surface area (Å²) in [5.41, 5.74) is 9.87. The Balaban J connectivity index is 1.96. The summed E-state index contributed by atoms with van der Waals surface area (Å²) in [6.45, 7) is 5.51. The largest absolute Gasteiger partial charge is 0.352 e. The van der Waals surface area contributed by atoms with Gasteiger partial charge in [0.1, 0.15) is 0 Å². The maximum atomic E-state index is 12.5. The molecule has 0 aliphatic carbocycles. The van der Waals surface area contributed by atoms with Crippen LogP contribution in [0.4, 0.5) is 10.5 Å². The molecular weight excluding hydrogens is 278 g/mol. The van der Waals surface area contributed by atoms with E-state index in [1.165, 1.54) is 16.7 Å². The van der Waals surface area contributed by atoms with Gasteiger partial charge >= 0.3 is 6.03 Å². The van der Waals surface area contributed by atoms with E-state index >= 15 is 0 Å². The van der Waals surface area contributed by atoms with Crippen LogP contribution >= 0.6 is 0 Å². The molecular formula is C17H25N3O2. The van der Waals surface area contributed by atoms with Crippen LogP contribution in [0.3, 0.4) is 0 Å². The highest BCUT2D eigenvalue weighted by atomic mass is 16.2. The van der Waals surface area contributed by atoms with E-state index in [9.17, 15) is 9.59 Å². The summed E-state index contributed by atoms with van der Waals surface area (Å²) in [5.74, 6) is 0.171. The molecule has 5 nitrogen and oxygen atoms in total. The topological polar surface area (TPSA) is 75.4 Å². The van der Waals surface area contributed by atoms with Gasteiger partial charge in [-0.3, -0.25) is 4.79 Å². The van der Waals surface area contributed by atoms with Crippen LogP contribution in [0.1, 0.15) is 42.4 Å². The minimum absolute atomic E-state index is 0.171. The van der Waals surface area contributed by atoms with E-state index in [1.807, 2.05) is 4.90 Å². The Morgan fingerprint density at radius 3 is 2.77 bits per heavy atom. The molecule has 3 N–H and O–H groups in total. The van der Waals surface area contributed by atoms with Crippen LogP contribution in [0.5, 0.6) is 0 Å². The highest BCUT2D eigenvalue weighted by molar-refractivity contribution is 5.94. The van der Waals surface area contributed by atoms with E-state index < -0.39 is 6.03 Å². The molecule has 0 saturated carbocycles. The molecule has 0 saturated heterocycles. The summed E-state index contributed by atoms with van der Waals surface area (Å²) in [7, 11) is 0. The van der Waals surface area contributed by atoms with E-state index in [2.05, 4.69) is 31.3 Å². The number of carbonyl (C=O) groups excluding carboxylic acids is 2. The van der Waals surface area contributed by atoms with Crippen molar-refractivity contribution in [1.82, 2.24) is 5.32 Å². The van der Waals surface area contributed by atoms with E-state index in [4.69, 9.17) is 5.73 Å². The Bertz CT molecular complexity index is 569. The lowest BCUT2D eigenvalue weighted by molar-refractivity contribution is -0.118. The summed E-state index contributed by atoms with van der Waals surface area (Å²) in [4.78, 5) is 25.0. The third kappa shape index (κ3) is 4.00. The van der Waals surface area contributed by atoms with Crippen molar-refractivity contribution in [3.8, 4) is 0 Å². The lowest BCUT2D eigenvalue weighted by Crippen LogP contribution is -2.36. The van der Waals surface area contributed by atoms with Crippen molar-refractivity contribution in [2.45, 2.75) is 46.0 Å². The number of unbranched alkanes of at least 4 members (excludes halogenated alkanes) is 1. The maximum Gasteiger partial charge on any atom is 0.312 e. The SMILES string of the molecule is Cc1cc(C)c2c(c1)N(C(=O)CCCCNC(N)=O)CCC2. The summed E-state index contributed by atoms with van der Waals surface area (Å²) < 4.78 is 0. The Morgan fingerprint density at radius 2 is 2.05 bits per heavy atom. The number of amides is 3. The average molecular weight is 303 g/mol. The van der Waals surface area contributed by atoms with Gasteiger partial charge in [0.05, 0.1) is 0 Å². The van der Waals surface area contributed by atoms with Crippen LogP contribution in [0.25, 0.3) is 0 Å². The fraction of sp³-hybridized carbons (Fsp3) is 0.529. The third-order valence-electron chi connectivity index (χ3n) is 4.11. The molecule has 1 aromatic carbocycles. The second-order valence-corrected chi connectivity index (χ2v) is 5.98. The van der Waals surface area contributed by atoms with Gasteiger partial charge in [0.25, 0.3) is 0 Å². The van der Waals surface area contributed by atoms with Gasteiger partial charge in [0.2, 0.25) is 5.91 Å². The van der Waals surface area contributed by atoms with Gasteiger partial charge < -0.3 is 16.0 Å². The van der Waals surface area contributed by atoms with Crippen molar-refractivity contribution in [2.24, 2.45) is 5.73 Å². The first-order valence-corrected chi connectivity index (χ1v) is 7.93. The number of carbonyl (C=O) groups is 2. The maximum absolute atomic E-state index is 12.5. The Hall–Kier alpha value is -2.04. The monoisotopic (exact) mass is 303 g/mol. The highest BCUT2D eigenvalue weighted by Crippen LogP contribution is 2.31. The molecule has 1 aromatic rings. The van der Waals surface area contributed by atoms with Gasteiger partial charge in [-0.15, -0.1) is 0 Å². The number of nitrogens with zero attached hydrogens (tertiary/aromatic N) is 1. The first kappa shape index (κ1) is 16.3. The lowest BCUT2D eigenvalue weighted by atomic mass is 9.94. The van der Waals surface area contributed by atoms with Gasteiger partial charge in [0.15, 0.2) is 0 Å². The zero-order chi connectivity index (χ0) is 16.1. The summed E-state index contributed by atoms with van der Waals surface area (Å²) in [5, 5.41) is 2.54. The first-order valence-electron chi connectivity index (χ1n) is 7.93. The number of fused-ring (bicyclic) bond motifs is 1. The molecule has 3 amide bonds. The van der Waals surface area contributed by atoms with Crippen molar-refractivity contribution in [3.05, 3.63) is 28.8 Å². The van der Waals surface area contributed by atoms with Crippen LogP contribution in [-0.2, 0) is 11.2 Å². The zero-order valence-corrected chi connectivity index (χ0v) is 13.4. The van der Waals surface area contributed by atoms with Gasteiger partial charge in [0, 0.05) is 25.2 Å². The molecule has 0 spiro atoms. The van der Waals surface area contributed by atoms with E-state index in [0.717, 1.165) is 37.9 Å².